The van der Waals surface area contributed by atoms with Gasteiger partial charge in [-0.25, -0.2) is 23.5 Å². The lowest BCUT2D eigenvalue weighted by Crippen LogP contribution is -2.57. The van der Waals surface area contributed by atoms with Crippen molar-refractivity contribution >= 4 is 74.8 Å². The Labute approximate surface area is 493 Å². The van der Waals surface area contributed by atoms with E-state index in [0.717, 1.165) is 9.80 Å². The van der Waals surface area contributed by atoms with Gasteiger partial charge in [-0.05, 0) is 121 Å². The van der Waals surface area contributed by atoms with Crippen molar-refractivity contribution in [3.63, 3.8) is 0 Å². The maximum atomic E-state index is 14.3. The Morgan fingerprint density at radius 2 is 1.46 bits per heavy atom. The van der Waals surface area contributed by atoms with E-state index in [2.05, 4.69) is 25.6 Å². The fraction of sp³-hybridized carbons (Fsp3) is 0.673. The zero-order valence-electron chi connectivity index (χ0n) is 50.0. The van der Waals surface area contributed by atoms with Crippen LogP contribution in [0.5, 0.6) is 0 Å². The molecule has 3 unspecified atom stereocenters. The number of allylic oxidation sites excluding steroid dienone is 1. The number of unbranched alkanes of at least 4 members (excludes halogenated alkanes) is 4. The number of rotatable bonds is 23. The topological polar surface area (TPSA) is 347 Å². The predicted molar refractivity (Wildman–Crippen MR) is 310 cm³/mol. The minimum absolute atomic E-state index is 0.00836. The number of halogens is 1. The molecule has 1 aliphatic heterocycles. The summed E-state index contributed by atoms with van der Waals surface area (Å²) in [6, 6.07) is 1.65. The van der Waals surface area contributed by atoms with Crippen LogP contribution in [0.2, 0.25) is 5.02 Å². The Hall–Kier alpha value is -5.23. The van der Waals surface area contributed by atoms with Gasteiger partial charge in [0.15, 0.2) is 6.10 Å². The van der Waals surface area contributed by atoms with Gasteiger partial charge in [-0.2, -0.15) is 4.31 Å². The molecule has 0 fully saturated rings. The second kappa shape index (κ2) is 36.6. The molecule has 1 aliphatic rings. The Bertz CT molecular complexity index is 2480. The molecule has 1 heterocycles. The van der Waals surface area contributed by atoms with Crippen LogP contribution in [0, 0.1) is 17.8 Å². The summed E-state index contributed by atoms with van der Waals surface area (Å²) in [5.74, 6) is -6.86. The van der Waals surface area contributed by atoms with E-state index in [1.807, 2.05) is 0 Å². The van der Waals surface area contributed by atoms with Crippen LogP contribution in [0.25, 0.3) is 0 Å². The number of hydrogen-bond acceptors (Lipinski definition) is 17. The van der Waals surface area contributed by atoms with Gasteiger partial charge >= 0.3 is 33.7 Å². The highest BCUT2D eigenvalue weighted by Crippen LogP contribution is 2.60. The second-order valence-electron chi connectivity index (χ2n) is 21.2. The molecule has 1 aromatic carbocycles. The fourth-order valence-corrected chi connectivity index (χ4v) is 10.7. The summed E-state index contributed by atoms with van der Waals surface area (Å²) >= 11 is 6.15. The molecule has 0 bridgehead atoms. The Balaban J connectivity index is 2.52. The van der Waals surface area contributed by atoms with Gasteiger partial charge < -0.3 is 60.8 Å². The van der Waals surface area contributed by atoms with Crippen LogP contribution in [0.15, 0.2) is 47.6 Å². The van der Waals surface area contributed by atoms with Gasteiger partial charge in [0.05, 0.1) is 19.8 Å². The molecule has 8 N–H and O–H groups in total. The first-order valence-corrected chi connectivity index (χ1v) is 31.4. The van der Waals surface area contributed by atoms with Crippen molar-refractivity contribution in [1.82, 2.24) is 31.1 Å². The van der Waals surface area contributed by atoms with Crippen LogP contribution >= 0.6 is 27.2 Å². The van der Waals surface area contributed by atoms with Gasteiger partial charge in [-0.3, -0.25) is 33.0 Å². The van der Waals surface area contributed by atoms with Crippen molar-refractivity contribution in [1.29, 1.82) is 0 Å². The maximum Gasteiger partial charge on any atom is 0.481 e. The lowest BCUT2D eigenvalue weighted by atomic mass is 9.90. The number of phosphoric acid groups is 2. The van der Waals surface area contributed by atoms with Gasteiger partial charge in [0.2, 0.25) is 23.6 Å². The van der Waals surface area contributed by atoms with E-state index in [9.17, 15) is 57.3 Å². The molecule has 11 atom stereocenters. The van der Waals surface area contributed by atoms with Gasteiger partial charge in [-0.15, -0.1) is 0 Å². The molecule has 6 amide bonds. The maximum absolute atomic E-state index is 14.3. The first-order valence-electron chi connectivity index (χ1n) is 28.0. The molecule has 470 valence electrons. The molecule has 0 radical (unpaired) electrons. The van der Waals surface area contributed by atoms with E-state index in [0.29, 0.717) is 61.2 Å². The smallest absolute Gasteiger partial charge is 0.456 e. The number of alkyl carbamates (subject to hydrolysis) is 1. The van der Waals surface area contributed by atoms with E-state index >= 15 is 0 Å². The largest absolute Gasteiger partial charge is 0.481 e. The highest BCUT2D eigenvalue weighted by molar-refractivity contribution is 7.61. The molecule has 0 aromatic heterocycles. The molecule has 25 nitrogen and oxygen atoms in total. The van der Waals surface area contributed by atoms with E-state index in [4.69, 9.17) is 40.6 Å². The zero-order chi connectivity index (χ0) is 62.8. The summed E-state index contributed by atoms with van der Waals surface area (Å²) in [5, 5.41) is 11.1. The van der Waals surface area contributed by atoms with Crippen molar-refractivity contribution in [2.45, 2.75) is 176 Å². The van der Waals surface area contributed by atoms with Gasteiger partial charge in [0, 0.05) is 50.0 Å². The SMILES string of the molecule is C/C=C(\C)[C@H]1OC(=O)[C@@H](C)NC(=O)[C@H](C(C)CC)NC(=O)CN(C)C(=O)[C@@H](Cc2ccc(Cl)cc2)N(C)C(=O)[C@H](C)NC(=O)[C@@H](CC(C)C)OC(=O)/C(C)=C/C[C@H](OC(=O)NCCCCCOP(=O)(O)OP(=O)(O)OCCCCCN)[C@@H]1C. The van der Waals surface area contributed by atoms with E-state index in [1.54, 1.807) is 78.8 Å². The first-order chi connectivity index (χ1) is 38.9. The Morgan fingerprint density at radius 3 is 2.02 bits per heavy atom. The summed E-state index contributed by atoms with van der Waals surface area (Å²) in [7, 11) is -7.13. The average Bonchev–Trinajstić information content (AvgIpc) is 3.52. The standard InChI is InChI=1S/C55H90ClN7O18P2/c1-13-35(5)47-50(66)60-40(10)54(70)80-48(36(6)14-2)38(8)44(79-55(71)58-28-18-16-20-30-77-83(74,75)81-82(72,73)76-29-19-15-17-27-57)26-21-37(7)53(69)78-45(31-34(3)4)49(65)59-39(9)51(67)63(12)43(32-41-22-24-42(56)25-23-41)52(68)62(11)33-46(64)61-47/h14,21-25,34-35,38-40,43-45,47-48H,13,15-20,26-33,57H2,1-12H3,(H,58,71)(H,59,65)(H,60,66)(H,61,64)(H,72,73)(H,74,75)/b36-14+,37-21+/t35?,38-,39-,40+,43+,44-,45+,47-,48+/m0/s1. The Kier molecular flexibility index (Phi) is 32.6. The molecule has 28 heteroatoms. The van der Waals surface area contributed by atoms with E-state index < -0.39 is 124 Å². The lowest BCUT2D eigenvalue weighted by Gasteiger charge is -2.33. The molecule has 83 heavy (non-hydrogen) atoms. The lowest BCUT2D eigenvalue weighted by molar-refractivity contribution is -0.155. The van der Waals surface area contributed by atoms with Gasteiger partial charge in [0.1, 0.15) is 36.4 Å². The number of nitrogens with zero attached hydrogens (tertiary/aromatic N) is 2. The van der Waals surface area contributed by atoms with Crippen LogP contribution < -0.4 is 27.0 Å². The fourth-order valence-electron chi connectivity index (χ4n) is 8.43. The summed E-state index contributed by atoms with van der Waals surface area (Å²) in [6.07, 6.45) is 1.35. The molecule has 0 saturated carbocycles. The summed E-state index contributed by atoms with van der Waals surface area (Å²) < 4.78 is 56.2. The molecular formula is C55H90ClN7O18P2. The number of benzene rings is 1. The number of hydrogen-bond donors (Lipinski definition) is 7. The minimum atomic E-state index is -4.98. The van der Waals surface area contributed by atoms with Crippen LogP contribution in [0.1, 0.15) is 133 Å². The summed E-state index contributed by atoms with van der Waals surface area (Å²) in [6.45, 7) is 15.8. The molecular weight excluding hydrogens is 1140 g/mol. The predicted octanol–water partition coefficient (Wildman–Crippen LogP) is 6.17. The third-order valence-electron chi connectivity index (χ3n) is 13.8. The number of nitrogens with two attached hydrogens (primary N) is 1. The van der Waals surface area contributed by atoms with Crippen molar-refractivity contribution in [3.05, 3.63) is 58.1 Å². The monoisotopic (exact) mass is 1230 g/mol. The van der Waals surface area contributed by atoms with Crippen LogP contribution in [-0.2, 0) is 76.7 Å². The molecule has 0 spiro atoms. The first kappa shape index (κ1) is 73.9. The number of esters is 2. The number of carbonyl (C=O) groups excluding carboxylic acids is 8. The van der Waals surface area contributed by atoms with Crippen LogP contribution in [-0.4, -0.2) is 157 Å². The third kappa shape index (κ3) is 26.7. The number of carbonyl (C=O) groups is 8. The van der Waals surface area contributed by atoms with Gasteiger partial charge in [-0.1, -0.05) is 76.9 Å². The average molecular weight is 1230 g/mol. The molecule has 1 aromatic rings. The minimum Gasteiger partial charge on any atom is -0.456 e. The molecule has 0 saturated heterocycles. The summed E-state index contributed by atoms with van der Waals surface area (Å²) in [4.78, 5) is 134. The van der Waals surface area contributed by atoms with Crippen LogP contribution in [0.3, 0.4) is 0 Å². The highest BCUT2D eigenvalue weighted by atomic mass is 35.5. The summed E-state index contributed by atoms with van der Waals surface area (Å²) in [5.41, 5.74) is 6.58. The Morgan fingerprint density at radius 1 is 0.867 bits per heavy atom. The normalized spacial score (nSPS) is 25.4. The van der Waals surface area contributed by atoms with Crippen molar-refractivity contribution in [2.24, 2.45) is 23.5 Å². The van der Waals surface area contributed by atoms with Gasteiger partial charge in [0.25, 0.3) is 5.91 Å². The number of phosphoric ester groups is 2. The van der Waals surface area contributed by atoms with Crippen LogP contribution in [0.4, 0.5) is 4.79 Å². The van der Waals surface area contributed by atoms with Crippen molar-refractivity contribution in [2.75, 3.05) is 46.9 Å². The zero-order valence-corrected chi connectivity index (χ0v) is 52.6. The number of cyclic esters (lactones) is 2. The van der Waals surface area contributed by atoms with Crippen molar-refractivity contribution < 1.29 is 84.8 Å². The van der Waals surface area contributed by atoms with E-state index in [1.165, 1.54) is 40.9 Å². The number of likely N-dealkylation sites (N-methyl/N-ethyl adjacent to an activating group) is 2. The molecule has 2 rings (SSSR count). The van der Waals surface area contributed by atoms with Crippen molar-refractivity contribution in [3.8, 4) is 0 Å². The number of amides is 6. The second-order valence-corrected chi connectivity index (χ2v) is 24.7. The molecule has 0 aliphatic carbocycles. The quantitative estimate of drug-likeness (QED) is 0.0211. The third-order valence-corrected chi connectivity index (χ3v) is 16.7. The van der Waals surface area contributed by atoms with E-state index in [-0.39, 0.29) is 56.9 Å². The number of ether oxygens (including phenoxy) is 3. The highest BCUT2D eigenvalue weighted by Gasteiger charge is 2.39. The number of nitrogens with one attached hydrogen (secondary N) is 4.